The second-order valence-electron chi connectivity index (χ2n) is 6.05. The third-order valence-corrected chi connectivity index (χ3v) is 4.26. The fraction of sp³-hybridized carbons (Fsp3) is 0.250. The summed E-state index contributed by atoms with van der Waals surface area (Å²) in [6.07, 6.45) is 0.869. The Kier molecular flexibility index (Phi) is 5.31. The van der Waals surface area contributed by atoms with Crippen molar-refractivity contribution >= 4 is 16.7 Å². The zero-order chi connectivity index (χ0) is 18.5. The lowest BCUT2D eigenvalue weighted by molar-refractivity contribution is -0.120. The van der Waals surface area contributed by atoms with Gasteiger partial charge >= 0.3 is 0 Å². The van der Waals surface area contributed by atoms with Crippen LogP contribution < -0.4 is 15.6 Å². The Labute approximate surface area is 151 Å². The van der Waals surface area contributed by atoms with Gasteiger partial charge in [-0.15, -0.1) is 0 Å². The molecule has 26 heavy (non-hydrogen) atoms. The molecule has 6 nitrogen and oxygen atoms in total. The molecule has 0 bridgehead atoms. The van der Waals surface area contributed by atoms with Gasteiger partial charge in [0.2, 0.25) is 5.91 Å². The fourth-order valence-electron chi connectivity index (χ4n) is 2.86. The number of carbonyl (C=O) groups is 1. The maximum absolute atomic E-state index is 12.3. The van der Waals surface area contributed by atoms with Crippen LogP contribution in [0.2, 0.25) is 0 Å². The minimum absolute atomic E-state index is 0.116. The Morgan fingerprint density at radius 3 is 2.50 bits per heavy atom. The summed E-state index contributed by atoms with van der Waals surface area (Å²) in [5.41, 5.74) is 1.56. The van der Waals surface area contributed by atoms with Crippen molar-refractivity contribution in [2.75, 3.05) is 13.7 Å². The van der Waals surface area contributed by atoms with Gasteiger partial charge in [0.25, 0.3) is 5.56 Å². The average Bonchev–Trinajstić information content (AvgIpc) is 2.66. The Balaban J connectivity index is 1.64. The number of amides is 1. The number of ether oxygens (including phenoxy) is 1. The van der Waals surface area contributed by atoms with Crippen LogP contribution in [0.5, 0.6) is 5.75 Å². The topological polar surface area (TPSA) is 73.2 Å². The van der Waals surface area contributed by atoms with E-state index in [0.29, 0.717) is 17.6 Å². The van der Waals surface area contributed by atoms with E-state index in [4.69, 9.17) is 4.74 Å². The highest BCUT2D eigenvalue weighted by atomic mass is 16.5. The molecular formula is C20H21N3O3. The first kappa shape index (κ1) is 17.7. The van der Waals surface area contributed by atoms with Crippen LogP contribution in [0, 0.1) is 0 Å². The first-order chi connectivity index (χ1) is 12.6. The van der Waals surface area contributed by atoms with Crippen LogP contribution in [-0.4, -0.2) is 29.3 Å². The van der Waals surface area contributed by atoms with Crippen LogP contribution in [-0.2, 0) is 24.7 Å². The number of benzene rings is 2. The molecule has 0 radical (unpaired) electrons. The van der Waals surface area contributed by atoms with Gasteiger partial charge in [-0.25, -0.2) is 4.68 Å². The highest BCUT2D eigenvalue weighted by Crippen LogP contribution is 2.14. The molecule has 6 heteroatoms. The van der Waals surface area contributed by atoms with Crippen molar-refractivity contribution < 1.29 is 9.53 Å². The summed E-state index contributed by atoms with van der Waals surface area (Å²) in [6.45, 7) is 0.537. The summed E-state index contributed by atoms with van der Waals surface area (Å²) >= 11 is 0. The predicted octanol–water partition coefficient (Wildman–Crippen LogP) is 1.84. The Morgan fingerprint density at radius 2 is 1.81 bits per heavy atom. The molecule has 0 atom stereocenters. The van der Waals surface area contributed by atoms with E-state index in [1.54, 1.807) is 20.2 Å². The van der Waals surface area contributed by atoms with E-state index in [9.17, 15) is 9.59 Å². The smallest absolute Gasteiger partial charge is 0.274 e. The normalized spacial score (nSPS) is 10.7. The Hall–Kier alpha value is -3.15. The van der Waals surface area contributed by atoms with Gasteiger partial charge in [-0.3, -0.25) is 9.59 Å². The van der Waals surface area contributed by atoms with E-state index in [2.05, 4.69) is 10.4 Å². The summed E-state index contributed by atoms with van der Waals surface area (Å²) in [5, 5.41) is 8.46. The number of methoxy groups -OCH3 is 1. The van der Waals surface area contributed by atoms with Crippen LogP contribution >= 0.6 is 0 Å². The van der Waals surface area contributed by atoms with E-state index in [0.717, 1.165) is 23.1 Å². The first-order valence-corrected chi connectivity index (χ1v) is 8.43. The van der Waals surface area contributed by atoms with E-state index < -0.39 is 0 Å². The lowest BCUT2D eigenvalue weighted by Crippen LogP contribution is -2.29. The van der Waals surface area contributed by atoms with Crippen LogP contribution in [0.4, 0.5) is 0 Å². The molecule has 0 saturated heterocycles. The molecule has 134 valence electrons. The zero-order valence-corrected chi connectivity index (χ0v) is 14.9. The number of nitrogens with zero attached hydrogens (tertiary/aromatic N) is 2. The molecule has 1 N–H and O–H groups in total. The Morgan fingerprint density at radius 1 is 1.12 bits per heavy atom. The molecule has 0 saturated carbocycles. The standard InChI is InChI=1S/C20H21N3O3/c1-23-20(25)17-6-4-3-5-16(17)18(22-23)13-19(24)21-12-11-14-7-9-15(26-2)10-8-14/h3-10H,11-13H2,1-2H3,(H,21,24). The van der Waals surface area contributed by atoms with Crippen molar-refractivity contribution in [2.45, 2.75) is 12.8 Å². The number of carbonyl (C=O) groups excluding carboxylic acids is 1. The van der Waals surface area contributed by atoms with Gasteiger partial charge in [-0.05, 0) is 30.2 Å². The average molecular weight is 351 g/mol. The molecule has 0 unspecified atom stereocenters. The molecule has 3 rings (SSSR count). The number of hydrogen-bond donors (Lipinski definition) is 1. The van der Waals surface area contributed by atoms with Crippen LogP contribution in [0.3, 0.4) is 0 Å². The number of aromatic nitrogens is 2. The van der Waals surface area contributed by atoms with E-state index >= 15 is 0 Å². The van der Waals surface area contributed by atoms with Gasteiger partial charge < -0.3 is 10.1 Å². The lowest BCUT2D eigenvalue weighted by atomic mass is 10.1. The maximum Gasteiger partial charge on any atom is 0.274 e. The molecule has 0 aliphatic carbocycles. The van der Waals surface area contributed by atoms with Crippen molar-refractivity contribution in [3.63, 3.8) is 0 Å². The zero-order valence-electron chi connectivity index (χ0n) is 14.9. The quantitative estimate of drug-likeness (QED) is 0.735. The number of rotatable bonds is 6. The van der Waals surface area contributed by atoms with Crippen molar-refractivity contribution in [3.05, 3.63) is 70.1 Å². The third kappa shape index (κ3) is 3.91. The largest absolute Gasteiger partial charge is 0.497 e. The summed E-state index contributed by atoms with van der Waals surface area (Å²) < 4.78 is 6.41. The molecule has 0 aliphatic rings. The van der Waals surface area contributed by atoms with Crippen molar-refractivity contribution in [1.82, 2.24) is 15.1 Å². The third-order valence-electron chi connectivity index (χ3n) is 4.26. The second kappa shape index (κ2) is 7.82. The van der Waals surface area contributed by atoms with Gasteiger partial charge in [0, 0.05) is 19.0 Å². The predicted molar refractivity (Wildman–Crippen MR) is 100 cm³/mol. The number of hydrogen-bond acceptors (Lipinski definition) is 4. The van der Waals surface area contributed by atoms with Gasteiger partial charge in [-0.1, -0.05) is 30.3 Å². The molecule has 1 amide bonds. The van der Waals surface area contributed by atoms with Crippen LogP contribution in [0.15, 0.2) is 53.3 Å². The number of fused-ring (bicyclic) bond motifs is 1. The molecule has 0 spiro atoms. The highest BCUT2D eigenvalue weighted by Gasteiger charge is 2.12. The molecule has 0 aliphatic heterocycles. The first-order valence-electron chi connectivity index (χ1n) is 8.43. The fourth-order valence-corrected chi connectivity index (χ4v) is 2.86. The summed E-state index contributed by atoms with van der Waals surface area (Å²) in [4.78, 5) is 24.4. The molecular weight excluding hydrogens is 330 g/mol. The summed E-state index contributed by atoms with van der Waals surface area (Å²) in [6, 6.07) is 15.0. The molecule has 2 aromatic carbocycles. The van der Waals surface area contributed by atoms with Gasteiger partial charge in [0.15, 0.2) is 0 Å². The van der Waals surface area contributed by atoms with Gasteiger partial charge in [0.1, 0.15) is 5.75 Å². The van der Waals surface area contributed by atoms with Crippen LogP contribution in [0.25, 0.3) is 10.8 Å². The second-order valence-corrected chi connectivity index (χ2v) is 6.05. The number of nitrogens with one attached hydrogen (secondary N) is 1. The van der Waals surface area contributed by atoms with E-state index in [-0.39, 0.29) is 17.9 Å². The molecule has 1 heterocycles. The molecule has 1 aromatic heterocycles. The van der Waals surface area contributed by atoms with Crippen molar-refractivity contribution in [1.29, 1.82) is 0 Å². The molecule has 3 aromatic rings. The Bertz CT molecular complexity index is 978. The maximum atomic E-state index is 12.3. The minimum Gasteiger partial charge on any atom is -0.497 e. The van der Waals surface area contributed by atoms with Crippen molar-refractivity contribution in [2.24, 2.45) is 7.05 Å². The van der Waals surface area contributed by atoms with Gasteiger partial charge in [0.05, 0.1) is 24.6 Å². The van der Waals surface area contributed by atoms with Crippen LogP contribution in [0.1, 0.15) is 11.3 Å². The summed E-state index contributed by atoms with van der Waals surface area (Å²) in [7, 11) is 3.23. The van der Waals surface area contributed by atoms with Gasteiger partial charge in [-0.2, -0.15) is 5.10 Å². The highest BCUT2D eigenvalue weighted by molar-refractivity contribution is 5.88. The monoisotopic (exact) mass is 351 g/mol. The number of aryl methyl sites for hydroxylation is 1. The SMILES string of the molecule is COc1ccc(CCNC(=O)Cc2nn(C)c(=O)c3ccccc23)cc1. The van der Waals surface area contributed by atoms with E-state index in [1.165, 1.54) is 4.68 Å². The lowest BCUT2D eigenvalue weighted by Gasteiger charge is -2.09. The minimum atomic E-state index is -0.163. The van der Waals surface area contributed by atoms with E-state index in [1.807, 2.05) is 42.5 Å². The van der Waals surface area contributed by atoms with Crippen molar-refractivity contribution in [3.8, 4) is 5.75 Å². The summed E-state index contributed by atoms with van der Waals surface area (Å²) in [5.74, 6) is 0.695. The molecule has 0 fully saturated rings.